The number of hydrogen-bond donors (Lipinski definition) is 0. The van der Waals surface area contributed by atoms with Crippen LogP contribution < -0.4 is 4.90 Å². The minimum atomic E-state index is -3.44. The van der Waals surface area contributed by atoms with E-state index in [1.165, 1.54) is 22.7 Å². The average molecular weight is 493 g/mol. The molecular formula is C21H22Cl2N6O2S. The SMILES string of the molecule is CN(C)S(=O)(=O)N1CCN(c2cnc(-c3ccncc3Cl)c(-c3ccc(Cl)cc3)n2)CC1. The van der Waals surface area contributed by atoms with Crippen LogP contribution in [0.25, 0.3) is 22.5 Å². The number of benzene rings is 1. The highest BCUT2D eigenvalue weighted by Crippen LogP contribution is 2.34. The van der Waals surface area contributed by atoms with Crippen LogP contribution in [0.15, 0.2) is 48.9 Å². The Bertz CT molecular complexity index is 1210. The average Bonchev–Trinajstić information content (AvgIpc) is 2.80. The fourth-order valence-corrected chi connectivity index (χ4v) is 4.91. The molecule has 1 aromatic carbocycles. The van der Waals surface area contributed by atoms with Gasteiger partial charge in [-0.15, -0.1) is 0 Å². The summed E-state index contributed by atoms with van der Waals surface area (Å²) in [6.45, 7) is 1.77. The molecule has 0 radical (unpaired) electrons. The van der Waals surface area contributed by atoms with Gasteiger partial charge in [0.25, 0.3) is 10.2 Å². The summed E-state index contributed by atoms with van der Waals surface area (Å²) in [5, 5.41) is 1.10. The van der Waals surface area contributed by atoms with Crippen molar-refractivity contribution in [3.05, 3.63) is 59.0 Å². The lowest BCUT2D eigenvalue weighted by Crippen LogP contribution is -2.51. The number of hydrogen-bond acceptors (Lipinski definition) is 6. The third-order valence-electron chi connectivity index (χ3n) is 5.26. The van der Waals surface area contributed by atoms with Gasteiger partial charge in [-0.3, -0.25) is 9.97 Å². The standard InChI is InChI=1S/C21H22Cl2N6O2S/c1-27(2)32(30,31)29-11-9-28(10-12-29)19-14-25-21(17-7-8-24-13-18(17)23)20(26-19)15-3-5-16(22)6-4-15/h3-8,13-14H,9-12H2,1-2H3. The highest BCUT2D eigenvalue weighted by atomic mass is 35.5. The first kappa shape index (κ1) is 22.9. The van der Waals surface area contributed by atoms with Crippen LogP contribution in [0, 0.1) is 0 Å². The molecule has 8 nitrogen and oxygen atoms in total. The van der Waals surface area contributed by atoms with E-state index in [0.29, 0.717) is 53.4 Å². The molecule has 1 fully saturated rings. The molecule has 0 aliphatic carbocycles. The first-order valence-electron chi connectivity index (χ1n) is 9.93. The van der Waals surface area contributed by atoms with Crippen molar-refractivity contribution in [2.24, 2.45) is 0 Å². The Morgan fingerprint density at radius 1 is 0.938 bits per heavy atom. The summed E-state index contributed by atoms with van der Waals surface area (Å²) in [6.07, 6.45) is 4.93. The zero-order chi connectivity index (χ0) is 22.9. The second-order valence-electron chi connectivity index (χ2n) is 7.46. The van der Waals surface area contributed by atoms with Crippen molar-refractivity contribution in [3.8, 4) is 22.5 Å². The van der Waals surface area contributed by atoms with Gasteiger partial charge >= 0.3 is 0 Å². The summed E-state index contributed by atoms with van der Waals surface area (Å²) in [6, 6.07) is 9.17. The van der Waals surface area contributed by atoms with Gasteiger partial charge in [0.1, 0.15) is 5.82 Å². The van der Waals surface area contributed by atoms with Crippen molar-refractivity contribution in [1.29, 1.82) is 0 Å². The molecule has 0 N–H and O–H groups in total. The van der Waals surface area contributed by atoms with E-state index in [0.717, 1.165) is 11.1 Å². The predicted molar refractivity (Wildman–Crippen MR) is 127 cm³/mol. The summed E-state index contributed by atoms with van der Waals surface area (Å²) < 4.78 is 27.5. The smallest absolute Gasteiger partial charge is 0.281 e. The van der Waals surface area contributed by atoms with E-state index in [-0.39, 0.29) is 0 Å². The van der Waals surface area contributed by atoms with Gasteiger partial charge in [0.15, 0.2) is 0 Å². The maximum atomic E-state index is 12.4. The highest BCUT2D eigenvalue weighted by Gasteiger charge is 2.29. The van der Waals surface area contributed by atoms with Crippen LogP contribution in [0.1, 0.15) is 0 Å². The molecule has 1 saturated heterocycles. The van der Waals surface area contributed by atoms with Gasteiger partial charge in [-0.05, 0) is 18.2 Å². The maximum Gasteiger partial charge on any atom is 0.281 e. The van der Waals surface area contributed by atoms with Crippen molar-refractivity contribution < 1.29 is 8.42 Å². The van der Waals surface area contributed by atoms with Crippen molar-refractivity contribution in [2.45, 2.75) is 0 Å². The Morgan fingerprint density at radius 3 is 2.25 bits per heavy atom. The molecule has 2 aromatic heterocycles. The van der Waals surface area contributed by atoms with Crippen molar-refractivity contribution in [3.63, 3.8) is 0 Å². The van der Waals surface area contributed by atoms with Crippen LogP contribution in [0.3, 0.4) is 0 Å². The Morgan fingerprint density at radius 2 is 1.62 bits per heavy atom. The molecule has 0 unspecified atom stereocenters. The molecule has 0 atom stereocenters. The van der Waals surface area contributed by atoms with Gasteiger partial charge in [0.05, 0.1) is 22.6 Å². The summed E-state index contributed by atoms with van der Waals surface area (Å²) in [5.74, 6) is 0.672. The Hall–Kier alpha value is -2.30. The van der Waals surface area contributed by atoms with E-state index in [1.54, 1.807) is 36.8 Å². The Balaban J connectivity index is 1.69. The van der Waals surface area contributed by atoms with E-state index in [2.05, 4.69) is 4.98 Å². The van der Waals surface area contributed by atoms with Gasteiger partial charge < -0.3 is 4.90 Å². The van der Waals surface area contributed by atoms with Gasteiger partial charge in [-0.2, -0.15) is 17.0 Å². The molecule has 3 heterocycles. The molecule has 0 bridgehead atoms. The lowest BCUT2D eigenvalue weighted by Gasteiger charge is -2.35. The molecule has 11 heteroatoms. The van der Waals surface area contributed by atoms with E-state index in [9.17, 15) is 8.42 Å². The largest absolute Gasteiger partial charge is 0.353 e. The number of pyridine rings is 1. The molecule has 1 aliphatic heterocycles. The summed E-state index contributed by atoms with van der Waals surface area (Å²) in [4.78, 5) is 15.7. The maximum absolute atomic E-state index is 12.4. The fourth-order valence-electron chi connectivity index (χ4n) is 3.48. The molecule has 3 aromatic rings. The predicted octanol–water partition coefficient (Wildman–Crippen LogP) is 3.44. The quantitative estimate of drug-likeness (QED) is 0.542. The second-order valence-corrected chi connectivity index (χ2v) is 10.5. The number of halogens is 2. The van der Waals surface area contributed by atoms with Gasteiger partial charge in [-0.1, -0.05) is 35.3 Å². The summed E-state index contributed by atoms with van der Waals surface area (Å²) in [7, 11) is -0.365. The molecule has 168 valence electrons. The lowest BCUT2D eigenvalue weighted by atomic mass is 10.0. The molecular weight excluding hydrogens is 471 g/mol. The molecule has 32 heavy (non-hydrogen) atoms. The highest BCUT2D eigenvalue weighted by molar-refractivity contribution is 7.86. The van der Waals surface area contributed by atoms with Crippen molar-refractivity contribution in [1.82, 2.24) is 23.6 Å². The minimum absolute atomic E-state index is 0.371. The fraction of sp³-hybridized carbons (Fsp3) is 0.286. The van der Waals surface area contributed by atoms with E-state index in [1.807, 2.05) is 17.0 Å². The second kappa shape index (κ2) is 9.29. The zero-order valence-corrected chi connectivity index (χ0v) is 19.9. The molecule has 1 aliphatic rings. The number of rotatable bonds is 5. The number of piperazine rings is 1. The normalized spacial score (nSPS) is 15.3. The van der Waals surface area contributed by atoms with Crippen LogP contribution >= 0.6 is 23.2 Å². The van der Waals surface area contributed by atoms with Crippen LogP contribution in [0.4, 0.5) is 5.82 Å². The van der Waals surface area contributed by atoms with Crippen LogP contribution in [-0.2, 0) is 10.2 Å². The molecule has 4 rings (SSSR count). The van der Waals surface area contributed by atoms with E-state index < -0.39 is 10.2 Å². The topological polar surface area (TPSA) is 82.5 Å². The van der Waals surface area contributed by atoms with Crippen LogP contribution in [-0.4, -0.2) is 72.3 Å². The van der Waals surface area contributed by atoms with Crippen molar-refractivity contribution in [2.75, 3.05) is 45.2 Å². The monoisotopic (exact) mass is 492 g/mol. The van der Waals surface area contributed by atoms with Crippen LogP contribution in [0.2, 0.25) is 10.0 Å². The van der Waals surface area contributed by atoms with Gasteiger partial charge in [-0.25, -0.2) is 4.98 Å². The van der Waals surface area contributed by atoms with E-state index in [4.69, 9.17) is 33.2 Å². The Labute approximate surface area is 197 Å². The molecule has 0 saturated carbocycles. The minimum Gasteiger partial charge on any atom is -0.353 e. The lowest BCUT2D eigenvalue weighted by molar-refractivity contribution is 0.355. The first-order chi connectivity index (χ1) is 15.3. The number of nitrogens with zero attached hydrogens (tertiary/aromatic N) is 6. The van der Waals surface area contributed by atoms with Gasteiger partial charge in [0, 0.05) is 68.8 Å². The number of aromatic nitrogens is 3. The number of anilines is 1. The zero-order valence-electron chi connectivity index (χ0n) is 17.6. The molecule has 0 spiro atoms. The summed E-state index contributed by atoms with van der Waals surface area (Å²) in [5.41, 5.74) is 2.88. The Kier molecular flexibility index (Phi) is 6.64. The summed E-state index contributed by atoms with van der Waals surface area (Å²) >= 11 is 12.5. The first-order valence-corrected chi connectivity index (χ1v) is 12.1. The molecule has 0 amide bonds. The van der Waals surface area contributed by atoms with Crippen LogP contribution in [0.5, 0.6) is 0 Å². The van der Waals surface area contributed by atoms with Crippen molar-refractivity contribution >= 4 is 39.2 Å². The van der Waals surface area contributed by atoms with E-state index >= 15 is 0 Å². The third kappa shape index (κ3) is 4.57. The van der Waals surface area contributed by atoms with Gasteiger partial charge in [0.2, 0.25) is 0 Å². The third-order valence-corrected chi connectivity index (χ3v) is 7.75.